The molecule has 0 aliphatic carbocycles. The Morgan fingerprint density at radius 2 is 1.96 bits per heavy atom. The first kappa shape index (κ1) is 19.2. The lowest BCUT2D eigenvalue weighted by Crippen LogP contribution is -2.30. The average molecular weight is 399 g/mol. The number of nitrogens with zero attached hydrogens (tertiary/aromatic N) is 1. The van der Waals surface area contributed by atoms with E-state index in [4.69, 9.17) is 0 Å². The maximum atomic E-state index is 10.9. The standard InChI is InChI=1S/C22H26N2O3S/c1-24-12-5-8-21(24)22(25)19-15-23-20-10-9-16(14-18(19)20)11-13-28(26,27)17-6-3-2-4-7-17/h2-4,6-7,9-11,13-15,21-23,25-27H,5,8,12H2,1H3/b13-11+. The normalized spacial score (nSPS) is 20.2. The third-order valence-corrected chi connectivity index (χ3v) is 7.02. The number of benzene rings is 2. The van der Waals surface area contributed by atoms with Gasteiger partial charge in [-0.3, -0.25) is 9.11 Å². The third-order valence-electron chi connectivity index (χ3n) is 5.54. The number of likely N-dealkylation sites (N-methyl/N-ethyl adjacent to an activating group) is 1. The van der Waals surface area contributed by atoms with Gasteiger partial charge in [-0.2, -0.15) is 0 Å². The van der Waals surface area contributed by atoms with E-state index < -0.39 is 16.7 Å². The zero-order valence-corrected chi connectivity index (χ0v) is 16.6. The Labute approximate surface area is 166 Å². The summed E-state index contributed by atoms with van der Waals surface area (Å²) in [5, 5.41) is 13.3. The van der Waals surface area contributed by atoms with Crippen molar-refractivity contribution in [1.82, 2.24) is 9.88 Å². The van der Waals surface area contributed by atoms with Gasteiger partial charge in [-0.15, -0.1) is 10.6 Å². The molecule has 6 heteroatoms. The molecule has 0 spiro atoms. The molecule has 1 aromatic heterocycles. The van der Waals surface area contributed by atoms with Gasteiger partial charge in [0, 0.05) is 34.1 Å². The lowest BCUT2D eigenvalue weighted by Gasteiger charge is -2.28. The number of H-pyrrole nitrogens is 1. The van der Waals surface area contributed by atoms with E-state index in [9.17, 15) is 14.2 Å². The van der Waals surface area contributed by atoms with Gasteiger partial charge in [0.25, 0.3) is 0 Å². The van der Waals surface area contributed by atoms with Crippen LogP contribution in [-0.4, -0.2) is 43.7 Å². The first-order valence-corrected chi connectivity index (χ1v) is 11.1. The summed E-state index contributed by atoms with van der Waals surface area (Å²) in [6.45, 7) is 1.01. The smallest absolute Gasteiger partial charge is 0.0965 e. The number of fused-ring (bicyclic) bond motifs is 1. The van der Waals surface area contributed by atoms with Gasteiger partial charge in [0.15, 0.2) is 0 Å². The van der Waals surface area contributed by atoms with Crippen molar-refractivity contribution in [3.63, 3.8) is 0 Å². The summed E-state index contributed by atoms with van der Waals surface area (Å²) in [5.41, 5.74) is 2.71. The molecule has 0 saturated carbocycles. The molecule has 0 radical (unpaired) electrons. The van der Waals surface area contributed by atoms with E-state index >= 15 is 0 Å². The molecule has 2 aromatic carbocycles. The highest BCUT2D eigenvalue weighted by Crippen LogP contribution is 2.49. The van der Waals surface area contributed by atoms with Crippen LogP contribution in [0.3, 0.4) is 0 Å². The molecule has 0 bridgehead atoms. The zero-order chi connectivity index (χ0) is 19.7. The Morgan fingerprint density at radius 3 is 2.68 bits per heavy atom. The number of hydrogen-bond acceptors (Lipinski definition) is 4. The second kappa shape index (κ2) is 7.73. The van der Waals surface area contributed by atoms with Crippen LogP contribution in [0, 0.1) is 0 Å². The van der Waals surface area contributed by atoms with Crippen LogP contribution in [0.5, 0.6) is 0 Å². The van der Waals surface area contributed by atoms with Gasteiger partial charge in [0.05, 0.1) is 11.0 Å². The molecule has 4 rings (SSSR count). The first-order valence-electron chi connectivity index (χ1n) is 9.46. The van der Waals surface area contributed by atoms with Crippen molar-refractivity contribution >= 4 is 27.6 Å². The van der Waals surface area contributed by atoms with Crippen LogP contribution in [0.2, 0.25) is 0 Å². The molecule has 2 unspecified atom stereocenters. The summed E-state index contributed by atoms with van der Waals surface area (Å²) in [7, 11) is -0.936. The van der Waals surface area contributed by atoms with E-state index in [-0.39, 0.29) is 6.04 Å². The van der Waals surface area contributed by atoms with Crippen LogP contribution in [-0.2, 0) is 0 Å². The molecular formula is C22H26N2O3S. The molecule has 3 aromatic rings. The monoisotopic (exact) mass is 398 g/mol. The van der Waals surface area contributed by atoms with Crippen molar-refractivity contribution in [1.29, 1.82) is 0 Å². The van der Waals surface area contributed by atoms with Crippen molar-refractivity contribution in [3.05, 3.63) is 71.3 Å². The summed E-state index contributed by atoms with van der Waals surface area (Å²) >= 11 is 0. The minimum Gasteiger partial charge on any atom is -0.387 e. The van der Waals surface area contributed by atoms with Crippen LogP contribution in [0.15, 0.2) is 65.0 Å². The lowest BCUT2D eigenvalue weighted by molar-refractivity contribution is 0.0868. The Bertz CT molecular complexity index is 984. The number of aliphatic hydroxyl groups excluding tert-OH is 1. The number of nitrogens with one attached hydrogen (secondary N) is 1. The fourth-order valence-corrected chi connectivity index (χ4v) is 4.98. The van der Waals surface area contributed by atoms with Crippen molar-refractivity contribution < 1.29 is 14.2 Å². The molecule has 2 heterocycles. The molecule has 148 valence electrons. The van der Waals surface area contributed by atoms with Crippen molar-refractivity contribution in [2.24, 2.45) is 0 Å². The molecule has 1 aliphatic heterocycles. The SMILES string of the molecule is CN1CCCC1C(O)c1c[nH]c2ccc(/C=C/S(O)(O)c3ccccc3)cc12. The van der Waals surface area contributed by atoms with E-state index in [1.165, 1.54) is 5.41 Å². The predicted octanol–water partition coefficient (Wildman–Crippen LogP) is 5.08. The Morgan fingerprint density at radius 1 is 1.18 bits per heavy atom. The minimum atomic E-state index is -2.99. The van der Waals surface area contributed by atoms with Crippen LogP contribution < -0.4 is 0 Å². The zero-order valence-electron chi connectivity index (χ0n) is 15.8. The van der Waals surface area contributed by atoms with Gasteiger partial charge in [-0.05, 0) is 62.3 Å². The van der Waals surface area contributed by atoms with Gasteiger partial charge in [-0.1, -0.05) is 24.3 Å². The molecule has 0 amide bonds. The molecule has 1 fully saturated rings. The number of likely N-dealkylation sites (tertiary alicyclic amines) is 1. The van der Waals surface area contributed by atoms with Crippen LogP contribution in [0.25, 0.3) is 17.0 Å². The molecule has 4 N–H and O–H groups in total. The van der Waals surface area contributed by atoms with E-state index in [2.05, 4.69) is 16.9 Å². The Hall–Kier alpha value is -2.09. The summed E-state index contributed by atoms with van der Waals surface area (Å²) in [6, 6.07) is 14.8. The average Bonchev–Trinajstić information content (AvgIpc) is 3.32. The van der Waals surface area contributed by atoms with E-state index in [1.54, 1.807) is 30.3 Å². The van der Waals surface area contributed by atoms with Crippen molar-refractivity contribution in [3.8, 4) is 0 Å². The Balaban J connectivity index is 1.62. The minimum absolute atomic E-state index is 0.128. The second-order valence-corrected chi connectivity index (χ2v) is 9.32. The number of hydrogen-bond donors (Lipinski definition) is 4. The van der Waals surface area contributed by atoms with Gasteiger partial charge in [0.2, 0.25) is 0 Å². The van der Waals surface area contributed by atoms with Crippen molar-refractivity contribution in [2.45, 2.75) is 29.9 Å². The fraction of sp³-hybridized carbons (Fsp3) is 0.273. The van der Waals surface area contributed by atoms with Gasteiger partial charge in [0.1, 0.15) is 0 Å². The summed E-state index contributed by atoms with van der Waals surface area (Å²) in [6.07, 6.45) is 5.15. The largest absolute Gasteiger partial charge is 0.387 e. The topological polar surface area (TPSA) is 79.7 Å². The number of aromatic amines is 1. The fourth-order valence-electron chi connectivity index (χ4n) is 3.92. The Kier molecular flexibility index (Phi) is 5.31. The van der Waals surface area contributed by atoms with Crippen LogP contribution in [0.1, 0.15) is 30.1 Å². The highest BCUT2D eigenvalue weighted by Gasteiger charge is 2.30. The highest BCUT2D eigenvalue weighted by molar-refractivity contribution is 8.27. The predicted molar refractivity (Wildman–Crippen MR) is 116 cm³/mol. The van der Waals surface area contributed by atoms with Gasteiger partial charge in [-0.25, -0.2) is 0 Å². The summed E-state index contributed by atoms with van der Waals surface area (Å²) in [4.78, 5) is 5.94. The molecule has 1 saturated heterocycles. The summed E-state index contributed by atoms with van der Waals surface area (Å²) in [5.74, 6) is 0. The number of rotatable bonds is 5. The number of aliphatic hydroxyl groups is 1. The third kappa shape index (κ3) is 3.74. The van der Waals surface area contributed by atoms with E-state index in [0.29, 0.717) is 4.90 Å². The summed E-state index contributed by atoms with van der Waals surface area (Å²) < 4.78 is 20.9. The first-order chi connectivity index (χ1) is 13.5. The molecule has 5 nitrogen and oxygen atoms in total. The highest BCUT2D eigenvalue weighted by atomic mass is 32.3. The molecule has 28 heavy (non-hydrogen) atoms. The van der Waals surface area contributed by atoms with Gasteiger partial charge >= 0.3 is 0 Å². The van der Waals surface area contributed by atoms with Crippen molar-refractivity contribution in [2.75, 3.05) is 13.6 Å². The molecule has 2 atom stereocenters. The van der Waals surface area contributed by atoms with E-state index in [1.807, 2.05) is 30.5 Å². The number of aromatic nitrogens is 1. The van der Waals surface area contributed by atoms with Crippen LogP contribution in [0.4, 0.5) is 0 Å². The van der Waals surface area contributed by atoms with E-state index in [0.717, 1.165) is 41.4 Å². The molecule has 1 aliphatic rings. The van der Waals surface area contributed by atoms with Gasteiger partial charge < -0.3 is 15.0 Å². The maximum absolute atomic E-state index is 10.9. The lowest BCUT2D eigenvalue weighted by atomic mass is 9.99. The second-order valence-electron chi connectivity index (χ2n) is 7.39. The quantitative estimate of drug-likeness (QED) is 0.483. The maximum Gasteiger partial charge on any atom is 0.0965 e. The molecular weight excluding hydrogens is 372 g/mol. The van der Waals surface area contributed by atoms with Crippen LogP contribution >= 0.6 is 10.6 Å².